The molecule has 0 bridgehead atoms. The monoisotopic (exact) mass is 297 g/mol. The lowest BCUT2D eigenvalue weighted by atomic mass is 10.2. The Morgan fingerprint density at radius 1 is 1.45 bits per heavy atom. The second kappa shape index (κ2) is 5.74. The molecule has 0 saturated carbocycles. The summed E-state index contributed by atoms with van der Waals surface area (Å²) in [6.07, 6.45) is 0. The van der Waals surface area contributed by atoms with Gasteiger partial charge in [-0.25, -0.2) is 13.8 Å². The first-order valence-electron chi connectivity index (χ1n) is 5.43. The summed E-state index contributed by atoms with van der Waals surface area (Å²) in [4.78, 5) is 15.8. The van der Waals surface area contributed by atoms with Gasteiger partial charge < -0.3 is 5.21 Å². The molecule has 0 radical (unpaired) electrons. The third kappa shape index (κ3) is 2.80. The van der Waals surface area contributed by atoms with Crippen molar-refractivity contribution < 1.29 is 18.8 Å². The van der Waals surface area contributed by atoms with E-state index in [9.17, 15) is 13.6 Å². The molecular formula is C12H9F2N3O2S. The SMILES string of the molecule is CC(=NO)c1csc(NC(=O)c2cccc(F)c2F)n1. The Kier molecular flexibility index (Phi) is 4.04. The normalized spacial score (nSPS) is 11.4. The molecule has 0 aliphatic heterocycles. The molecule has 0 unspecified atom stereocenters. The predicted octanol–water partition coefficient (Wildman–Crippen LogP) is 2.87. The summed E-state index contributed by atoms with van der Waals surface area (Å²) in [6, 6.07) is 3.33. The van der Waals surface area contributed by atoms with E-state index in [1.807, 2.05) is 0 Å². The zero-order chi connectivity index (χ0) is 14.7. The highest BCUT2D eigenvalue weighted by atomic mass is 32.1. The van der Waals surface area contributed by atoms with E-state index in [4.69, 9.17) is 5.21 Å². The minimum Gasteiger partial charge on any atom is -0.411 e. The van der Waals surface area contributed by atoms with Crippen LogP contribution >= 0.6 is 11.3 Å². The van der Waals surface area contributed by atoms with E-state index in [0.29, 0.717) is 5.69 Å². The largest absolute Gasteiger partial charge is 0.411 e. The van der Waals surface area contributed by atoms with Gasteiger partial charge in [0.15, 0.2) is 16.8 Å². The number of carbonyl (C=O) groups is 1. The van der Waals surface area contributed by atoms with Crippen molar-refractivity contribution in [3.8, 4) is 0 Å². The molecule has 1 heterocycles. The van der Waals surface area contributed by atoms with Crippen molar-refractivity contribution in [3.63, 3.8) is 0 Å². The highest BCUT2D eigenvalue weighted by Crippen LogP contribution is 2.18. The second-order valence-corrected chi connectivity index (χ2v) is 4.64. The van der Waals surface area contributed by atoms with E-state index in [2.05, 4.69) is 15.5 Å². The molecule has 2 rings (SSSR count). The first-order chi connectivity index (χ1) is 9.52. The number of nitrogens with zero attached hydrogens (tertiary/aromatic N) is 2. The number of aromatic nitrogens is 1. The summed E-state index contributed by atoms with van der Waals surface area (Å²) in [5, 5.41) is 15.7. The molecule has 0 saturated heterocycles. The van der Waals surface area contributed by atoms with Crippen LogP contribution in [-0.2, 0) is 0 Å². The molecule has 0 fully saturated rings. The Labute approximate surface area is 116 Å². The Bertz CT molecular complexity index is 685. The average Bonchev–Trinajstić information content (AvgIpc) is 2.89. The van der Waals surface area contributed by atoms with Gasteiger partial charge in [-0.05, 0) is 19.1 Å². The molecule has 1 aromatic carbocycles. The molecule has 2 N–H and O–H groups in total. The topological polar surface area (TPSA) is 74.6 Å². The third-order valence-corrected chi connectivity index (χ3v) is 3.20. The van der Waals surface area contributed by atoms with Gasteiger partial charge in [-0.3, -0.25) is 10.1 Å². The third-order valence-electron chi connectivity index (χ3n) is 2.44. The fourth-order valence-electron chi connectivity index (χ4n) is 1.39. The molecule has 8 heteroatoms. The number of carbonyl (C=O) groups excluding carboxylic acids is 1. The highest BCUT2D eigenvalue weighted by molar-refractivity contribution is 7.14. The van der Waals surface area contributed by atoms with E-state index in [1.165, 1.54) is 19.1 Å². The summed E-state index contributed by atoms with van der Waals surface area (Å²) >= 11 is 1.08. The van der Waals surface area contributed by atoms with Gasteiger partial charge in [-0.15, -0.1) is 11.3 Å². The van der Waals surface area contributed by atoms with E-state index in [0.717, 1.165) is 17.4 Å². The molecule has 0 aliphatic rings. The fraction of sp³-hybridized carbons (Fsp3) is 0.0833. The summed E-state index contributed by atoms with van der Waals surface area (Å²) in [5.74, 6) is -3.11. The van der Waals surface area contributed by atoms with Crippen LogP contribution in [0, 0.1) is 11.6 Å². The van der Waals surface area contributed by atoms with Gasteiger partial charge >= 0.3 is 0 Å². The standard InChI is InChI=1S/C12H9F2N3O2S/c1-6(17-19)9-5-20-12(15-9)16-11(18)7-3-2-4-8(13)10(7)14/h2-5,19H,1H3,(H,15,16,18). The molecule has 0 spiro atoms. The molecule has 0 atom stereocenters. The number of hydrogen-bond acceptors (Lipinski definition) is 5. The van der Waals surface area contributed by atoms with Crippen molar-refractivity contribution >= 4 is 28.1 Å². The maximum atomic E-state index is 13.4. The van der Waals surface area contributed by atoms with Gasteiger partial charge in [0.1, 0.15) is 11.4 Å². The van der Waals surface area contributed by atoms with Crippen LogP contribution in [0.1, 0.15) is 23.0 Å². The van der Waals surface area contributed by atoms with E-state index in [-0.39, 0.29) is 10.8 Å². The fourth-order valence-corrected chi connectivity index (χ4v) is 2.14. The molecule has 5 nitrogen and oxygen atoms in total. The number of nitrogens with one attached hydrogen (secondary N) is 1. The summed E-state index contributed by atoms with van der Waals surface area (Å²) in [6.45, 7) is 1.53. The molecule has 20 heavy (non-hydrogen) atoms. The zero-order valence-corrected chi connectivity index (χ0v) is 11.0. The quantitative estimate of drug-likeness (QED) is 0.519. The van der Waals surface area contributed by atoms with Gasteiger partial charge in [-0.1, -0.05) is 11.2 Å². The van der Waals surface area contributed by atoms with Crippen LogP contribution < -0.4 is 5.32 Å². The number of amides is 1. The van der Waals surface area contributed by atoms with Gasteiger partial charge in [0.05, 0.1) is 5.56 Å². The minimum absolute atomic E-state index is 0.191. The van der Waals surface area contributed by atoms with Crippen molar-refractivity contribution in [2.24, 2.45) is 5.16 Å². The number of anilines is 1. The van der Waals surface area contributed by atoms with Gasteiger partial charge in [0, 0.05) is 5.38 Å². The average molecular weight is 297 g/mol. The lowest BCUT2D eigenvalue weighted by Gasteiger charge is -2.03. The van der Waals surface area contributed by atoms with E-state index < -0.39 is 23.1 Å². The van der Waals surface area contributed by atoms with Crippen LogP contribution in [0.25, 0.3) is 0 Å². The number of halogens is 2. The van der Waals surface area contributed by atoms with Gasteiger partial charge in [0.25, 0.3) is 5.91 Å². The smallest absolute Gasteiger partial charge is 0.260 e. The van der Waals surface area contributed by atoms with Crippen molar-refractivity contribution in [1.82, 2.24) is 4.98 Å². The molecule has 0 aliphatic carbocycles. The van der Waals surface area contributed by atoms with Gasteiger partial charge in [0.2, 0.25) is 0 Å². The molecule has 104 valence electrons. The maximum Gasteiger partial charge on any atom is 0.260 e. The number of hydrogen-bond donors (Lipinski definition) is 2. The Morgan fingerprint density at radius 2 is 2.20 bits per heavy atom. The lowest BCUT2D eigenvalue weighted by Crippen LogP contribution is -2.14. The Morgan fingerprint density at radius 3 is 2.90 bits per heavy atom. The minimum atomic E-state index is -1.21. The number of rotatable bonds is 3. The molecular weight excluding hydrogens is 288 g/mol. The first kappa shape index (κ1) is 14.1. The van der Waals surface area contributed by atoms with E-state index >= 15 is 0 Å². The number of thiazole rings is 1. The van der Waals surface area contributed by atoms with E-state index in [1.54, 1.807) is 5.38 Å². The van der Waals surface area contributed by atoms with Crippen molar-refractivity contribution in [2.45, 2.75) is 6.92 Å². The van der Waals surface area contributed by atoms with Crippen LogP contribution in [0.4, 0.5) is 13.9 Å². The summed E-state index contributed by atoms with van der Waals surface area (Å²) < 4.78 is 26.5. The van der Waals surface area contributed by atoms with Crippen LogP contribution in [0.3, 0.4) is 0 Å². The van der Waals surface area contributed by atoms with Crippen molar-refractivity contribution in [2.75, 3.05) is 5.32 Å². The van der Waals surface area contributed by atoms with Crippen LogP contribution in [0.15, 0.2) is 28.7 Å². The lowest BCUT2D eigenvalue weighted by molar-refractivity contribution is 0.102. The summed E-state index contributed by atoms with van der Waals surface area (Å²) in [7, 11) is 0. The molecule has 2 aromatic rings. The van der Waals surface area contributed by atoms with Crippen LogP contribution in [-0.4, -0.2) is 21.8 Å². The van der Waals surface area contributed by atoms with Crippen LogP contribution in [0.2, 0.25) is 0 Å². The Balaban J connectivity index is 2.20. The van der Waals surface area contributed by atoms with Gasteiger partial charge in [-0.2, -0.15) is 0 Å². The maximum absolute atomic E-state index is 13.4. The first-order valence-corrected chi connectivity index (χ1v) is 6.31. The number of oxime groups is 1. The zero-order valence-electron chi connectivity index (χ0n) is 10.2. The van der Waals surface area contributed by atoms with Crippen molar-refractivity contribution in [1.29, 1.82) is 0 Å². The molecule has 1 aromatic heterocycles. The Hall–Kier alpha value is -2.35. The second-order valence-electron chi connectivity index (χ2n) is 3.78. The molecule has 1 amide bonds. The predicted molar refractivity (Wildman–Crippen MR) is 70.4 cm³/mol. The van der Waals surface area contributed by atoms with Crippen molar-refractivity contribution in [3.05, 3.63) is 46.5 Å². The highest BCUT2D eigenvalue weighted by Gasteiger charge is 2.16. The summed E-state index contributed by atoms with van der Waals surface area (Å²) in [5.41, 5.74) is 0.250. The van der Waals surface area contributed by atoms with Crippen LogP contribution in [0.5, 0.6) is 0 Å². The number of benzene rings is 1.